The topological polar surface area (TPSA) is 72.9 Å². The number of para-hydroxylation sites is 1. The van der Waals surface area contributed by atoms with Crippen LogP contribution in [0.1, 0.15) is 11.4 Å². The molecule has 138 valence electrons. The summed E-state index contributed by atoms with van der Waals surface area (Å²) in [6, 6.07) is 19.7. The molecule has 0 saturated heterocycles. The Labute approximate surface area is 165 Å². The highest BCUT2D eigenvalue weighted by atomic mass is 35.5. The smallest absolute Gasteiger partial charge is 0.178 e. The molecule has 5 aromatic rings. The van der Waals surface area contributed by atoms with Gasteiger partial charge in [0.25, 0.3) is 0 Å². The Morgan fingerprint density at radius 1 is 0.964 bits per heavy atom. The summed E-state index contributed by atoms with van der Waals surface area (Å²) in [5, 5.41) is 22.3. The van der Waals surface area contributed by atoms with Gasteiger partial charge in [-0.2, -0.15) is 9.61 Å². The van der Waals surface area contributed by atoms with Crippen molar-refractivity contribution in [3.8, 4) is 0 Å². The standard InChI is InChI=1S/C20H16ClN7/c1-13-5-4-6-14(11-13)22-17-9-10-18-23-24-19(28(18)25-17)12-27-16-8-3-2-7-15(16)20(21)26-27/h2-11H,12H2,1H3,(H,22,25). The maximum absolute atomic E-state index is 6.26. The second-order valence-electron chi connectivity index (χ2n) is 6.56. The van der Waals surface area contributed by atoms with Crippen LogP contribution >= 0.6 is 11.6 Å². The minimum absolute atomic E-state index is 0.412. The fourth-order valence-electron chi connectivity index (χ4n) is 3.21. The van der Waals surface area contributed by atoms with E-state index in [1.165, 1.54) is 5.56 Å². The van der Waals surface area contributed by atoms with Crippen molar-refractivity contribution in [3.63, 3.8) is 0 Å². The number of aromatic nitrogens is 6. The normalized spacial score (nSPS) is 11.4. The Morgan fingerprint density at radius 3 is 2.75 bits per heavy atom. The lowest BCUT2D eigenvalue weighted by Gasteiger charge is -2.07. The number of hydrogen-bond acceptors (Lipinski definition) is 5. The number of rotatable bonds is 4. The van der Waals surface area contributed by atoms with Crippen LogP contribution in [0.5, 0.6) is 0 Å². The van der Waals surface area contributed by atoms with Gasteiger partial charge in [0.2, 0.25) is 0 Å². The van der Waals surface area contributed by atoms with E-state index in [2.05, 4.69) is 44.8 Å². The van der Waals surface area contributed by atoms with E-state index in [0.717, 1.165) is 16.6 Å². The maximum Gasteiger partial charge on any atom is 0.178 e. The Morgan fingerprint density at radius 2 is 1.86 bits per heavy atom. The molecule has 3 heterocycles. The molecule has 8 heteroatoms. The minimum atomic E-state index is 0.412. The van der Waals surface area contributed by atoms with Crippen LogP contribution in [0.15, 0.2) is 60.7 Å². The molecule has 28 heavy (non-hydrogen) atoms. The Hall–Kier alpha value is -3.45. The number of hydrogen-bond donors (Lipinski definition) is 1. The summed E-state index contributed by atoms with van der Waals surface area (Å²) in [5.74, 6) is 1.38. The summed E-state index contributed by atoms with van der Waals surface area (Å²) in [6.45, 7) is 2.47. The van der Waals surface area contributed by atoms with Crippen LogP contribution in [0, 0.1) is 6.92 Å². The molecule has 0 amide bonds. The predicted octanol–water partition coefficient (Wildman–Crippen LogP) is 4.23. The number of fused-ring (bicyclic) bond motifs is 2. The summed E-state index contributed by atoms with van der Waals surface area (Å²) in [5.41, 5.74) is 3.77. The van der Waals surface area contributed by atoms with Crippen molar-refractivity contribution in [2.24, 2.45) is 0 Å². The first-order valence-corrected chi connectivity index (χ1v) is 9.21. The first kappa shape index (κ1) is 16.7. The molecule has 0 atom stereocenters. The molecule has 0 aliphatic rings. The molecule has 3 aromatic heterocycles. The van der Waals surface area contributed by atoms with E-state index in [1.807, 2.05) is 53.2 Å². The Bertz CT molecular complexity index is 1300. The van der Waals surface area contributed by atoms with E-state index in [9.17, 15) is 0 Å². The zero-order chi connectivity index (χ0) is 19.1. The van der Waals surface area contributed by atoms with Gasteiger partial charge in [0, 0.05) is 11.1 Å². The second kappa shape index (κ2) is 6.61. The monoisotopic (exact) mass is 389 g/mol. The lowest BCUT2D eigenvalue weighted by atomic mass is 10.2. The molecule has 2 aromatic carbocycles. The van der Waals surface area contributed by atoms with Crippen molar-refractivity contribution in [1.82, 2.24) is 29.6 Å². The van der Waals surface area contributed by atoms with Crippen LogP contribution in [0.3, 0.4) is 0 Å². The fraction of sp³-hybridized carbons (Fsp3) is 0.100. The summed E-state index contributed by atoms with van der Waals surface area (Å²) >= 11 is 6.26. The van der Waals surface area contributed by atoms with Gasteiger partial charge in [0.1, 0.15) is 6.54 Å². The number of benzene rings is 2. The van der Waals surface area contributed by atoms with Gasteiger partial charge in [0.05, 0.1) is 5.52 Å². The molecule has 0 spiro atoms. The number of aryl methyl sites for hydroxylation is 1. The molecular weight excluding hydrogens is 374 g/mol. The van der Waals surface area contributed by atoms with Crippen molar-refractivity contribution < 1.29 is 0 Å². The number of anilines is 2. The maximum atomic E-state index is 6.26. The molecule has 1 N–H and O–H groups in total. The average molecular weight is 390 g/mol. The van der Waals surface area contributed by atoms with Crippen molar-refractivity contribution in [2.75, 3.05) is 5.32 Å². The van der Waals surface area contributed by atoms with Gasteiger partial charge in [-0.05, 0) is 48.9 Å². The van der Waals surface area contributed by atoms with E-state index >= 15 is 0 Å². The second-order valence-corrected chi connectivity index (χ2v) is 6.92. The first-order chi connectivity index (χ1) is 13.7. The number of nitrogens with zero attached hydrogens (tertiary/aromatic N) is 6. The van der Waals surface area contributed by atoms with Gasteiger partial charge < -0.3 is 5.32 Å². The zero-order valence-corrected chi connectivity index (χ0v) is 15.8. The van der Waals surface area contributed by atoms with Gasteiger partial charge in [-0.25, -0.2) is 0 Å². The predicted molar refractivity (Wildman–Crippen MR) is 109 cm³/mol. The molecule has 0 aliphatic carbocycles. The lowest BCUT2D eigenvalue weighted by Crippen LogP contribution is -2.08. The summed E-state index contributed by atoms with van der Waals surface area (Å²) in [6.07, 6.45) is 0. The third kappa shape index (κ3) is 2.95. The van der Waals surface area contributed by atoms with Gasteiger partial charge in [-0.15, -0.1) is 15.3 Å². The van der Waals surface area contributed by atoms with Gasteiger partial charge in [0.15, 0.2) is 22.4 Å². The molecule has 0 fully saturated rings. The van der Waals surface area contributed by atoms with E-state index in [0.29, 0.717) is 29.0 Å². The van der Waals surface area contributed by atoms with E-state index in [1.54, 1.807) is 4.52 Å². The highest BCUT2D eigenvalue weighted by molar-refractivity contribution is 6.34. The highest BCUT2D eigenvalue weighted by Crippen LogP contribution is 2.23. The van der Waals surface area contributed by atoms with E-state index in [-0.39, 0.29) is 0 Å². The third-order valence-corrected chi connectivity index (χ3v) is 4.80. The molecule has 0 bridgehead atoms. The van der Waals surface area contributed by atoms with Crippen LogP contribution in [0.25, 0.3) is 16.6 Å². The van der Waals surface area contributed by atoms with Crippen LogP contribution in [-0.2, 0) is 6.54 Å². The Kier molecular flexibility index (Phi) is 3.95. The Balaban J connectivity index is 1.51. The lowest BCUT2D eigenvalue weighted by molar-refractivity contribution is 0.656. The average Bonchev–Trinajstić information content (AvgIpc) is 3.24. The molecule has 0 saturated carbocycles. The van der Waals surface area contributed by atoms with Gasteiger partial charge >= 0.3 is 0 Å². The number of halogens is 1. The summed E-state index contributed by atoms with van der Waals surface area (Å²) in [4.78, 5) is 0. The van der Waals surface area contributed by atoms with Crippen molar-refractivity contribution in [2.45, 2.75) is 13.5 Å². The first-order valence-electron chi connectivity index (χ1n) is 8.83. The van der Waals surface area contributed by atoms with Crippen LogP contribution < -0.4 is 5.32 Å². The summed E-state index contributed by atoms with van der Waals surface area (Å²) < 4.78 is 3.54. The van der Waals surface area contributed by atoms with Crippen LogP contribution in [-0.4, -0.2) is 29.6 Å². The number of nitrogens with one attached hydrogen (secondary N) is 1. The molecule has 0 unspecified atom stereocenters. The fourth-order valence-corrected chi connectivity index (χ4v) is 3.46. The highest BCUT2D eigenvalue weighted by Gasteiger charge is 2.13. The molecule has 0 radical (unpaired) electrons. The van der Waals surface area contributed by atoms with Crippen molar-refractivity contribution in [3.05, 3.63) is 77.2 Å². The molecule has 7 nitrogen and oxygen atoms in total. The van der Waals surface area contributed by atoms with Gasteiger partial charge in [-0.1, -0.05) is 35.9 Å². The minimum Gasteiger partial charge on any atom is -0.339 e. The quantitative estimate of drug-likeness (QED) is 0.498. The largest absolute Gasteiger partial charge is 0.339 e. The van der Waals surface area contributed by atoms with E-state index < -0.39 is 0 Å². The third-order valence-electron chi connectivity index (χ3n) is 4.52. The molecule has 5 rings (SSSR count). The summed E-state index contributed by atoms with van der Waals surface area (Å²) in [7, 11) is 0. The van der Waals surface area contributed by atoms with Crippen molar-refractivity contribution >= 4 is 39.7 Å². The SMILES string of the molecule is Cc1cccc(Nc2ccc3nnc(Cn4nc(Cl)c5ccccc54)n3n2)c1. The van der Waals surface area contributed by atoms with Crippen molar-refractivity contribution in [1.29, 1.82) is 0 Å². The zero-order valence-electron chi connectivity index (χ0n) is 15.0. The van der Waals surface area contributed by atoms with Crippen LogP contribution in [0.2, 0.25) is 5.15 Å². The van der Waals surface area contributed by atoms with Gasteiger partial charge in [-0.3, -0.25) is 4.68 Å². The molecule has 0 aliphatic heterocycles. The molecular formula is C20H16ClN7. The van der Waals surface area contributed by atoms with E-state index in [4.69, 9.17) is 11.6 Å². The van der Waals surface area contributed by atoms with Crippen LogP contribution in [0.4, 0.5) is 11.5 Å².